The minimum absolute atomic E-state index is 0. The average molecular weight is 365 g/mol. The highest BCUT2D eigenvalue weighted by Gasteiger charge is 2.21. The molecule has 0 radical (unpaired) electrons. The minimum Gasteiger partial charge on any atom is -0.357 e. The van der Waals surface area contributed by atoms with Gasteiger partial charge in [-0.25, -0.2) is 4.98 Å². The lowest BCUT2D eigenvalue weighted by atomic mass is 10.2. The third-order valence-corrected chi connectivity index (χ3v) is 4.68. The van der Waals surface area contributed by atoms with E-state index >= 15 is 0 Å². The van der Waals surface area contributed by atoms with Gasteiger partial charge >= 0.3 is 0 Å². The predicted octanol–water partition coefficient (Wildman–Crippen LogP) is 1.80. The molecule has 0 aromatic carbocycles. The van der Waals surface area contributed by atoms with Gasteiger partial charge in [-0.05, 0) is 24.5 Å². The van der Waals surface area contributed by atoms with Gasteiger partial charge in [-0.2, -0.15) is 0 Å². The zero-order valence-corrected chi connectivity index (χ0v) is 14.7. The van der Waals surface area contributed by atoms with Crippen LogP contribution in [0, 0.1) is 0 Å². The molecular formula is C14H22Cl2N4OS. The Morgan fingerprint density at radius 1 is 1.36 bits per heavy atom. The number of nitrogens with zero attached hydrogens (tertiary/aromatic N) is 2. The molecule has 0 unspecified atom stereocenters. The van der Waals surface area contributed by atoms with Crippen LogP contribution in [0.25, 0.3) is 0 Å². The number of nitrogens with one attached hydrogen (secondary N) is 2. The third kappa shape index (κ3) is 4.91. The van der Waals surface area contributed by atoms with Crippen LogP contribution in [-0.4, -0.2) is 41.7 Å². The Balaban J connectivity index is 0.00000121. The number of hydrogen-bond donors (Lipinski definition) is 2. The monoisotopic (exact) mass is 364 g/mol. The zero-order valence-electron chi connectivity index (χ0n) is 12.3. The molecule has 0 saturated carbocycles. The first kappa shape index (κ1) is 19.4. The molecule has 8 heteroatoms. The maximum atomic E-state index is 11.9. The molecule has 2 N–H and O–H groups in total. The maximum absolute atomic E-state index is 11.9. The predicted molar refractivity (Wildman–Crippen MR) is 96.3 cm³/mol. The first-order chi connectivity index (χ1) is 9.83. The highest BCUT2D eigenvalue weighted by atomic mass is 35.5. The number of aromatic nitrogens is 1. The molecule has 3 heterocycles. The number of amides is 1. The second-order valence-electron chi connectivity index (χ2n) is 5.21. The van der Waals surface area contributed by atoms with Gasteiger partial charge in [0.1, 0.15) is 5.82 Å². The molecule has 1 aromatic heterocycles. The lowest BCUT2D eigenvalue weighted by Crippen LogP contribution is -2.41. The van der Waals surface area contributed by atoms with Crippen molar-refractivity contribution in [3.05, 3.63) is 23.9 Å². The van der Waals surface area contributed by atoms with Crippen LogP contribution in [0.5, 0.6) is 0 Å². The summed E-state index contributed by atoms with van der Waals surface area (Å²) in [4.78, 5) is 18.7. The van der Waals surface area contributed by atoms with Crippen LogP contribution in [0.3, 0.4) is 0 Å². The van der Waals surface area contributed by atoms with E-state index in [1.807, 2.05) is 6.20 Å². The molecule has 0 bridgehead atoms. The van der Waals surface area contributed by atoms with Gasteiger partial charge in [-0.15, -0.1) is 36.6 Å². The number of carbonyl (C=O) groups is 1. The molecule has 1 aromatic rings. The lowest BCUT2D eigenvalue weighted by Gasteiger charge is -2.16. The van der Waals surface area contributed by atoms with Gasteiger partial charge in [-0.1, -0.05) is 6.07 Å². The largest absolute Gasteiger partial charge is 0.357 e. The summed E-state index contributed by atoms with van der Waals surface area (Å²) in [5, 5.41) is 6.13. The van der Waals surface area contributed by atoms with Gasteiger partial charge in [0.05, 0.1) is 6.04 Å². The van der Waals surface area contributed by atoms with E-state index < -0.39 is 0 Å². The molecule has 1 amide bonds. The van der Waals surface area contributed by atoms with E-state index in [-0.39, 0.29) is 36.8 Å². The summed E-state index contributed by atoms with van der Waals surface area (Å²) in [6, 6.07) is 4.06. The Morgan fingerprint density at radius 3 is 2.73 bits per heavy atom. The van der Waals surface area contributed by atoms with Crippen LogP contribution >= 0.6 is 36.6 Å². The topological polar surface area (TPSA) is 57.3 Å². The molecule has 0 spiro atoms. The fraction of sp³-hybridized carbons (Fsp3) is 0.571. The fourth-order valence-electron chi connectivity index (χ4n) is 2.53. The quantitative estimate of drug-likeness (QED) is 0.852. The Labute approximate surface area is 147 Å². The highest BCUT2D eigenvalue weighted by Crippen LogP contribution is 2.17. The normalized spacial score (nSPS) is 20.2. The van der Waals surface area contributed by atoms with E-state index in [0.29, 0.717) is 6.54 Å². The van der Waals surface area contributed by atoms with Crippen molar-refractivity contribution in [3.8, 4) is 0 Å². The van der Waals surface area contributed by atoms with Crippen LogP contribution in [-0.2, 0) is 11.3 Å². The van der Waals surface area contributed by atoms with E-state index in [1.165, 1.54) is 12.8 Å². The van der Waals surface area contributed by atoms with Crippen LogP contribution in [0.15, 0.2) is 18.3 Å². The molecule has 2 aliphatic heterocycles. The van der Waals surface area contributed by atoms with Crippen molar-refractivity contribution in [2.24, 2.45) is 0 Å². The molecule has 0 aliphatic carbocycles. The highest BCUT2D eigenvalue weighted by molar-refractivity contribution is 7.99. The molecule has 2 saturated heterocycles. The van der Waals surface area contributed by atoms with Crippen molar-refractivity contribution in [1.82, 2.24) is 15.6 Å². The van der Waals surface area contributed by atoms with Crippen LogP contribution in [0.4, 0.5) is 5.82 Å². The molecule has 2 fully saturated rings. The molecule has 3 rings (SSSR count). The second kappa shape index (κ2) is 9.45. The molecule has 2 aliphatic rings. The Hall–Kier alpha value is -0.690. The number of carbonyl (C=O) groups excluding carboxylic acids is 1. The summed E-state index contributed by atoms with van der Waals surface area (Å²) in [6.07, 6.45) is 4.38. The van der Waals surface area contributed by atoms with Crippen LogP contribution < -0.4 is 15.5 Å². The summed E-state index contributed by atoms with van der Waals surface area (Å²) < 4.78 is 0. The lowest BCUT2D eigenvalue weighted by molar-refractivity contribution is -0.122. The Bertz CT molecular complexity index is 462. The van der Waals surface area contributed by atoms with Crippen molar-refractivity contribution < 1.29 is 4.79 Å². The molecule has 5 nitrogen and oxygen atoms in total. The smallest absolute Gasteiger partial charge is 0.238 e. The summed E-state index contributed by atoms with van der Waals surface area (Å²) in [5.41, 5.74) is 1.05. The standard InChI is InChI=1S/C14H20N4OS.2ClH/c19-14(12-9-20-10-17-12)16-8-11-3-4-13(15-7-11)18-5-1-2-6-18;;/h3-4,7,12,17H,1-2,5-6,8-10H2,(H,16,19);2*1H/t12-;;/m1../s1. The maximum Gasteiger partial charge on any atom is 0.238 e. The van der Waals surface area contributed by atoms with Crippen molar-refractivity contribution in [2.45, 2.75) is 25.4 Å². The van der Waals surface area contributed by atoms with Crippen LogP contribution in [0.1, 0.15) is 18.4 Å². The summed E-state index contributed by atoms with van der Waals surface area (Å²) in [6.45, 7) is 2.76. The first-order valence-corrected chi connectivity index (χ1v) is 8.27. The summed E-state index contributed by atoms with van der Waals surface area (Å²) >= 11 is 1.76. The fourth-order valence-corrected chi connectivity index (χ4v) is 3.47. The summed E-state index contributed by atoms with van der Waals surface area (Å²) in [7, 11) is 0. The number of rotatable bonds is 4. The van der Waals surface area contributed by atoms with Crippen molar-refractivity contribution in [3.63, 3.8) is 0 Å². The van der Waals surface area contributed by atoms with E-state index in [0.717, 1.165) is 36.1 Å². The molecular weight excluding hydrogens is 343 g/mol. The number of halogens is 2. The van der Waals surface area contributed by atoms with Crippen molar-refractivity contribution in [2.75, 3.05) is 29.6 Å². The Morgan fingerprint density at radius 2 is 2.14 bits per heavy atom. The Kier molecular flexibility index (Phi) is 8.31. The molecule has 22 heavy (non-hydrogen) atoms. The van der Waals surface area contributed by atoms with Gasteiger partial charge in [0.15, 0.2) is 0 Å². The van der Waals surface area contributed by atoms with Gasteiger partial charge < -0.3 is 10.2 Å². The van der Waals surface area contributed by atoms with Gasteiger partial charge in [0.2, 0.25) is 5.91 Å². The minimum atomic E-state index is -0.0446. The number of hydrogen-bond acceptors (Lipinski definition) is 5. The van der Waals surface area contributed by atoms with Crippen LogP contribution in [0.2, 0.25) is 0 Å². The van der Waals surface area contributed by atoms with Crippen molar-refractivity contribution in [1.29, 1.82) is 0 Å². The third-order valence-electron chi connectivity index (χ3n) is 3.74. The van der Waals surface area contributed by atoms with Crippen molar-refractivity contribution >= 4 is 48.3 Å². The zero-order chi connectivity index (χ0) is 13.8. The van der Waals surface area contributed by atoms with E-state index in [2.05, 4.69) is 32.7 Å². The first-order valence-electron chi connectivity index (χ1n) is 7.11. The second-order valence-corrected chi connectivity index (χ2v) is 6.24. The van der Waals surface area contributed by atoms with E-state index in [1.54, 1.807) is 11.8 Å². The molecule has 124 valence electrons. The van der Waals surface area contributed by atoms with E-state index in [9.17, 15) is 4.79 Å². The van der Waals surface area contributed by atoms with Gasteiger partial charge in [0, 0.05) is 37.5 Å². The van der Waals surface area contributed by atoms with Gasteiger partial charge in [0.25, 0.3) is 0 Å². The number of thioether (sulfide) groups is 1. The summed E-state index contributed by atoms with van der Waals surface area (Å²) in [5.74, 6) is 2.85. The van der Waals surface area contributed by atoms with E-state index in [4.69, 9.17) is 0 Å². The van der Waals surface area contributed by atoms with Gasteiger partial charge in [-0.3, -0.25) is 10.1 Å². The average Bonchev–Trinajstić information content (AvgIpc) is 3.18. The SMILES string of the molecule is Cl.Cl.O=C(NCc1ccc(N2CCCC2)nc1)[C@H]1CSCN1. The number of anilines is 1. The molecule has 1 atom stereocenters. The number of pyridine rings is 1.